The summed E-state index contributed by atoms with van der Waals surface area (Å²) in [5.41, 5.74) is -0.321. The first-order chi connectivity index (χ1) is 12.4. The summed E-state index contributed by atoms with van der Waals surface area (Å²) in [6.07, 6.45) is 1.43. The highest BCUT2D eigenvalue weighted by atomic mass is 35.5. The van der Waals surface area contributed by atoms with Gasteiger partial charge >= 0.3 is 17.9 Å². The number of esters is 2. The summed E-state index contributed by atoms with van der Waals surface area (Å²) in [6.45, 7) is 8.57. The Kier molecular flexibility index (Phi) is 8.39. The van der Waals surface area contributed by atoms with Crippen LogP contribution in [-0.2, 0) is 14.3 Å². The number of ether oxygens (including phenoxy) is 2. The molecule has 0 saturated carbocycles. The normalized spacial score (nSPS) is 11.4. The fraction of sp³-hybridized carbons (Fsp3) is 0.500. The van der Waals surface area contributed by atoms with Gasteiger partial charge in [0.1, 0.15) is 5.56 Å². The van der Waals surface area contributed by atoms with Gasteiger partial charge < -0.3 is 14.6 Å². The van der Waals surface area contributed by atoms with Gasteiger partial charge in [0.25, 0.3) is 0 Å². The van der Waals surface area contributed by atoms with Crippen molar-refractivity contribution in [3.8, 4) is 5.75 Å². The highest BCUT2D eigenvalue weighted by Gasteiger charge is 2.28. The zero-order valence-electron chi connectivity index (χ0n) is 15.4. The van der Waals surface area contributed by atoms with Crippen LogP contribution in [0, 0.1) is 11.3 Å². The first-order valence-corrected chi connectivity index (χ1v) is 9.31. The molecule has 9 heteroatoms. The predicted molar refractivity (Wildman–Crippen MR) is 103 cm³/mol. The molecule has 0 unspecified atom stereocenters. The standard InChI is InChI=1S/C18H21Cl3O6/c1-9(2)18(3,4)6-5-7-26-16(24)12-13(21)10(19)8-11(20)14(12)27-17(25)15(22)23/h8-9H,5-7H2,1-4H3,(H,22,23). The van der Waals surface area contributed by atoms with E-state index in [-0.39, 0.29) is 27.1 Å². The molecular formula is C18H21Cl3O6. The molecule has 0 atom stereocenters. The van der Waals surface area contributed by atoms with Crippen molar-refractivity contribution < 1.29 is 29.0 Å². The summed E-state index contributed by atoms with van der Waals surface area (Å²) in [5, 5.41) is 8.13. The molecule has 6 nitrogen and oxygen atoms in total. The third-order valence-electron chi connectivity index (χ3n) is 4.46. The fourth-order valence-electron chi connectivity index (χ4n) is 2.05. The number of carbonyl (C=O) groups is 3. The molecule has 0 heterocycles. The van der Waals surface area contributed by atoms with Gasteiger partial charge in [0, 0.05) is 0 Å². The van der Waals surface area contributed by atoms with Crippen LogP contribution >= 0.6 is 34.8 Å². The lowest BCUT2D eigenvalue weighted by Crippen LogP contribution is -2.22. The average Bonchev–Trinajstić information content (AvgIpc) is 2.56. The maximum Gasteiger partial charge on any atom is 0.422 e. The second kappa shape index (κ2) is 9.62. The van der Waals surface area contributed by atoms with E-state index in [9.17, 15) is 14.4 Å². The summed E-state index contributed by atoms with van der Waals surface area (Å²) in [5.74, 6) is -4.45. The van der Waals surface area contributed by atoms with E-state index in [1.807, 2.05) is 0 Å². The van der Waals surface area contributed by atoms with Crippen LogP contribution in [0.2, 0.25) is 15.1 Å². The minimum absolute atomic E-state index is 0.0651. The van der Waals surface area contributed by atoms with Crippen LogP contribution in [0.25, 0.3) is 0 Å². The third-order valence-corrected chi connectivity index (χ3v) is 5.53. The molecule has 0 aliphatic carbocycles. The maximum absolute atomic E-state index is 12.4. The van der Waals surface area contributed by atoms with Gasteiger partial charge in [-0.1, -0.05) is 62.5 Å². The summed E-state index contributed by atoms with van der Waals surface area (Å²) in [6, 6.07) is 1.14. The van der Waals surface area contributed by atoms with E-state index in [4.69, 9.17) is 44.6 Å². The van der Waals surface area contributed by atoms with Gasteiger partial charge in [-0.05, 0) is 30.2 Å². The average molecular weight is 440 g/mol. The quantitative estimate of drug-likeness (QED) is 0.205. The molecule has 150 valence electrons. The minimum Gasteiger partial charge on any atom is -0.473 e. The number of carboxylic acids is 1. The monoisotopic (exact) mass is 438 g/mol. The smallest absolute Gasteiger partial charge is 0.422 e. The van der Waals surface area contributed by atoms with Gasteiger partial charge in [0.05, 0.1) is 21.7 Å². The van der Waals surface area contributed by atoms with Crippen LogP contribution in [0.3, 0.4) is 0 Å². The molecule has 0 fully saturated rings. The topological polar surface area (TPSA) is 89.9 Å². The predicted octanol–water partition coefficient (Wildman–Crippen LogP) is 5.26. The van der Waals surface area contributed by atoms with E-state index in [0.29, 0.717) is 12.3 Å². The highest BCUT2D eigenvalue weighted by Crippen LogP contribution is 2.40. The number of hydrogen-bond acceptors (Lipinski definition) is 5. The van der Waals surface area contributed by atoms with Gasteiger partial charge in [0.2, 0.25) is 0 Å². The van der Waals surface area contributed by atoms with Gasteiger partial charge in [-0.25, -0.2) is 14.4 Å². The van der Waals surface area contributed by atoms with Gasteiger partial charge in [-0.2, -0.15) is 0 Å². The zero-order chi connectivity index (χ0) is 20.9. The van der Waals surface area contributed by atoms with Crippen molar-refractivity contribution in [2.24, 2.45) is 11.3 Å². The van der Waals surface area contributed by atoms with E-state index in [1.165, 1.54) is 0 Å². The fourth-order valence-corrected chi connectivity index (χ4v) is 2.77. The van der Waals surface area contributed by atoms with Crippen LogP contribution in [0.15, 0.2) is 6.07 Å². The van der Waals surface area contributed by atoms with Crippen LogP contribution in [-0.4, -0.2) is 29.6 Å². The first-order valence-electron chi connectivity index (χ1n) is 8.18. The van der Waals surface area contributed by atoms with Crippen molar-refractivity contribution in [3.63, 3.8) is 0 Å². The van der Waals surface area contributed by atoms with Crippen molar-refractivity contribution in [1.29, 1.82) is 0 Å². The lowest BCUT2D eigenvalue weighted by Gasteiger charge is -2.29. The number of rotatable bonds is 7. The molecule has 1 aromatic carbocycles. The highest BCUT2D eigenvalue weighted by molar-refractivity contribution is 6.46. The number of benzene rings is 1. The first kappa shape index (κ1) is 23.5. The summed E-state index contributed by atoms with van der Waals surface area (Å²) in [7, 11) is 0. The SMILES string of the molecule is CC(C)C(C)(C)CCCOC(=O)c1c(Cl)c(Cl)cc(Cl)c1OC(=O)C(=O)O. The van der Waals surface area contributed by atoms with Crippen LogP contribution in [0.1, 0.15) is 50.9 Å². The Hall–Kier alpha value is -1.50. The van der Waals surface area contributed by atoms with Crippen molar-refractivity contribution in [2.75, 3.05) is 6.61 Å². The second-order valence-corrected chi connectivity index (χ2v) is 8.13. The molecule has 0 aliphatic heterocycles. The number of carboxylic acid groups (broad SMARTS) is 1. The lowest BCUT2D eigenvalue weighted by molar-refractivity contribution is -0.158. The molecule has 0 bridgehead atoms. The Morgan fingerprint density at radius 2 is 1.74 bits per heavy atom. The van der Waals surface area contributed by atoms with Crippen molar-refractivity contribution >= 4 is 52.7 Å². The molecule has 0 radical (unpaired) electrons. The molecule has 0 aliphatic rings. The van der Waals surface area contributed by atoms with Gasteiger partial charge in [-0.15, -0.1) is 0 Å². The van der Waals surface area contributed by atoms with Gasteiger partial charge in [0.15, 0.2) is 5.75 Å². The van der Waals surface area contributed by atoms with E-state index >= 15 is 0 Å². The summed E-state index contributed by atoms with van der Waals surface area (Å²) >= 11 is 17.9. The van der Waals surface area contributed by atoms with Crippen molar-refractivity contribution in [1.82, 2.24) is 0 Å². The summed E-state index contributed by atoms with van der Waals surface area (Å²) in [4.78, 5) is 34.5. The molecule has 0 spiro atoms. The largest absolute Gasteiger partial charge is 0.473 e. The molecule has 1 aromatic rings. The van der Waals surface area contributed by atoms with Gasteiger partial charge in [-0.3, -0.25) is 0 Å². The van der Waals surface area contributed by atoms with E-state index < -0.39 is 29.2 Å². The molecule has 27 heavy (non-hydrogen) atoms. The number of carbonyl (C=O) groups excluding carboxylic acids is 2. The minimum atomic E-state index is -1.85. The van der Waals surface area contributed by atoms with E-state index in [0.717, 1.165) is 12.5 Å². The van der Waals surface area contributed by atoms with Crippen LogP contribution in [0.5, 0.6) is 5.75 Å². The number of halogens is 3. The van der Waals surface area contributed by atoms with Crippen molar-refractivity contribution in [2.45, 2.75) is 40.5 Å². The van der Waals surface area contributed by atoms with E-state index in [1.54, 1.807) is 0 Å². The summed E-state index contributed by atoms with van der Waals surface area (Å²) < 4.78 is 9.87. The van der Waals surface area contributed by atoms with Crippen molar-refractivity contribution in [3.05, 3.63) is 26.7 Å². The molecule has 0 saturated heterocycles. The Labute approximate surface area is 172 Å². The molecular weight excluding hydrogens is 419 g/mol. The zero-order valence-corrected chi connectivity index (χ0v) is 17.7. The van der Waals surface area contributed by atoms with Crippen LogP contribution < -0.4 is 4.74 Å². The lowest BCUT2D eigenvalue weighted by atomic mass is 9.77. The molecule has 0 amide bonds. The van der Waals surface area contributed by atoms with Crippen LogP contribution in [0.4, 0.5) is 0 Å². The Morgan fingerprint density at radius 3 is 2.26 bits per heavy atom. The molecule has 0 aromatic heterocycles. The molecule has 1 rings (SSSR count). The Balaban J connectivity index is 2.98. The maximum atomic E-state index is 12.4. The Bertz CT molecular complexity index is 743. The van der Waals surface area contributed by atoms with E-state index in [2.05, 4.69) is 32.4 Å². The number of aliphatic carboxylic acids is 1. The second-order valence-electron chi connectivity index (χ2n) is 6.94. The third kappa shape index (κ3) is 6.26. The Morgan fingerprint density at radius 1 is 1.15 bits per heavy atom. The number of hydrogen-bond donors (Lipinski definition) is 1. The molecule has 1 N–H and O–H groups in total.